The molecule has 0 aliphatic heterocycles. The van der Waals surface area contributed by atoms with E-state index < -0.39 is 12.1 Å². The van der Waals surface area contributed by atoms with Crippen molar-refractivity contribution in [3.8, 4) is 5.75 Å². The smallest absolute Gasteiger partial charge is 0.321 e. The molecule has 6 nitrogen and oxygen atoms in total. The van der Waals surface area contributed by atoms with Crippen molar-refractivity contribution in [2.75, 3.05) is 14.2 Å². The highest BCUT2D eigenvalue weighted by Crippen LogP contribution is 2.23. The van der Waals surface area contributed by atoms with Crippen molar-refractivity contribution in [3.63, 3.8) is 0 Å². The van der Waals surface area contributed by atoms with Crippen molar-refractivity contribution < 1.29 is 19.6 Å². The molecule has 132 valence electrons. The van der Waals surface area contributed by atoms with Crippen molar-refractivity contribution >= 4 is 11.9 Å². The molecule has 0 bridgehead atoms. The largest absolute Gasteiger partial charge is 0.496 e. The van der Waals surface area contributed by atoms with Crippen LogP contribution in [0.1, 0.15) is 30.1 Å². The Labute approximate surface area is 147 Å². The lowest BCUT2D eigenvalue weighted by Crippen LogP contribution is -2.88. The third-order valence-electron chi connectivity index (χ3n) is 4.02. The lowest BCUT2D eigenvalue weighted by Gasteiger charge is -2.21. The summed E-state index contributed by atoms with van der Waals surface area (Å²) < 4.78 is 5.41. The predicted octanol–water partition coefficient (Wildman–Crippen LogP) is 1.52. The summed E-state index contributed by atoms with van der Waals surface area (Å²) in [6.07, 6.45) is 0. The molecule has 0 aliphatic rings. The molecular formula is C19H24N3O3+. The van der Waals surface area contributed by atoms with Gasteiger partial charge in [0.15, 0.2) is 6.04 Å². The zero-order chi connectivity index (χ0) is 18.2. The molecule has 0 fully saturated rings. The number of amides is 3. The molecule has 0 unspecified atom stereocenters. The quantitative estimate of drug-likeness (QED) is 0.744. The van der Waals surface area contributed by atoms with Crippen LogP contribution in [0.25, 0.3) is 0 Å². The van der Waals surface area contributed by atoms with Gasteiger partial charge in [0.2, 0.25) is 0 Å². The van der Waals surface area contributed by atoms with E-state index in [1.807, 2.05) is 66.8 Å². The molecule has 0 saturated carbocycles. The molecular weight excluding hydrogens is 318 g/mol. The number of hydrogen-bond acceptors (Lipinski definition) is 3. The molecule has 4 N–H and O–H groups in total. The molecule has 0 radical (unpaired) electrons. The fraction of sp³-hybridized carbons (Fsp3) is 0.263. The summed E-state index contributed by atoms with van der Waals surface area (Å²) in [7, 11) is 3.10. The van der Waals surface area contributed by atoms with Gasteiger partial charge in [-0.3, -0.25) is 10.1 Å². The van der Waals surface area contributed by atoms with Crippen molar-refractivity contribution in [1.82, 2.24) is 10.6 Å². The minimum atomic E-state index is -0.557. The zero-order valence-corrected chi connectivity index (χ0v) is 14.7. The topological polar surface area (TPSA) is 84.0 Å². The fourth-order valence-electron chi connectivity index (χ4n) is 2.70. The first-order chi connectivity index (χ1) is 12.1. The lowest BCUT2D eigenvalue weighted by atomic mass is 10.0. The van der Waals surface area contributed by atoms with Gasteiger partial charge in [-0.15, -0.1) is 0 Å². The number of carbonyl (C=O) groups is 2. The Morgan fingerprint density at radius 1 is 1.04 bits per heavy atom. The van der Waals surface area contributed by atoms with Crippen molar-refractivity contribution in [3.05, 3.63) is 65.7 Å². The van der Waals surface area contributed by atoms with E-state index >= 15 is 0 Å². The maximum Gasteiger partial charge on any atom is 0.321 e. The van der Waals surface area contributed by atoms with E-state index in [9.17, 15) is 9.59 Å². The monoisotopic (exact) mass is 342 g/mol. The summed E-state index contributed by atoms with van der Waals surface area (Å²) in [4.78, 5) is 24.1. The molecule has 0 saturated heterocycles. The minimum absolute atomic E-state index is 0.0446. The van der Waals surface area contributed by atoms with E-state index in [1.165, 1.54) is 7.05 Å². The Bertz CT molecular complexity index is 719. The minimum Gasteiger partial charge on any atom is -0.496 e. The molecule has 0 aliphatic carbocycles. The van der Waals surface area contributed by atoms with Crippen molar-refractivity contribution in [1.29, 1.82) is 0 Å². The van der Waals surface area contributed by atoms with Gasteiger partial charge in [-0.25, -0.2) is 4.79 Å². The number of hydrogen-bond donors (Lipinski definition) is 3. The average Bonchev–Trinajstić information content (AvgIpc) is 2.66. The van der Waals surface area contributed by atoms with E-state index in [0.29, 0.717) is 0 Å². The second kappa shape index (κ2) is 8.84. The van der Waals surface area contributed by atoms with Crippen molar-refractivity contribution in [2.24, 2.45) is 0 Å². The van der Waals surface area contributed by atoms with Crippen LogP contribution in [0, 0.1) is 0 Å². The molecule has 0 spiro atoms. The highest BCUT2D eigenvalue weighted by Gasteiger charge is 2.29. The van der Waals surface area contributed by atoms with Crippen LogP contribution in [0.2, 0.25) is 0 Å². The van der Waals surface area contributed by atoms with Crippen LogP contribution in [0.3, 0.4) is 0 Å². The van der Waals surface area contributed by atoms with Crippen LogP contribution >= 0.6 is 0 Å². The maximum absolute atomic E-state index is 12.6. The maximum atomic E-state index is 12.6. The van der Waals surface area contributed by atoms with E-state index in [4.69, 9.17) is 4.74 Å². The van der Waals surface area contributed by atoms with Gasteiger partial charge in [0.1, 0.15) is 11.8 Å². The first kappa shape index (κ1) is 18.5. The molecule has 2 aromatic rings. The highest BCUT2D eigenvalue weighted by atomic mass is 16.5. The van der Waals surface area contributed by atoms with Crippen LogP contribution < -0.4 is 20.7 Å². The van der Waals surface area contributed by atoms with Crippen LogP contribution in [0.5, 0.6) is 5.75 Å². The van der Waals surface area contributed by atoms with Crippen LogP contribution in [-0.2, 0) is 4.79 Å². The normalized spacial score (nSPS) is 12.8. The SMILES string of the molecule is CNC(=O)NC(=O)[C@@H]([NH2+][C@@H](C)c1ccccc1OC)c1ccccc1. The highest BCUT2D eigenvalue weighted by molar-refractivity contribution is 5.96. The number of rotatable bonds is 6. The third kappa shape index (κ3) is 4.81. The number of urea groups is 1. The second-order valence-electron chi connectivity index (χ2n) is 5.68. The van der Waals surface area contributed by atoms with E-state index in [-0.39, 0.29) is 11.9 Å². The third-order valence-corrected chi connectivity index (χ3v) is 4.02. The Morgan fingerprint density at radius 3 is 2.32 bits per heavy atom. The molecule has 0 aromatic heterocycles. The Kier molecular flexibility index (Phi) is 6.54. The van der Waals surface area contributed by atoms with Crippen molar-refractivity contribution in [2.45, 2.75) is 19.0 Å². The summed E-state index contributed by atoms with van der Waals surface area (Å²) in [5.74, 6) is 0.400. The number of nitrogens with two attached hydrogens (primary N) is 1. The average molecular weight is 342 g/mol. The van der Waals surface area contributed by atoms with Gasteiger partial charge >= 0.3 is 6.03 Å². The van der Waals surface area contributed by atoms with Crippen LogP contribution in [0.4, 0.5) is 4.79 Å². The van der Waals surface area contributed by atoms with E-state index in [2.05, 4.69) is 10.6 Å². The number of para-hydroxylation sites is 1. The van der Waals surface area contributed by atoms with Gasteiger partial charge in [-0.1, -0.05) is 42.5 Å². The number of nitrogens with one attached hydrogen (secondary N) is 2. The van der Waals surface area contributed by atoms with Crippen LogP contribution in [-0.4, -0.2) is 26.1 Å². The number of ether oxygens (including phenoxy) is 1. The summed E-state index contributed by atoms with van der Waals surface area (Å²) in [5.41, 5.74) is 1.81. The van der Waals surface area contributed by atoms with Gasteiger partial charge in [0.25, 0.3) is 5.91 Å². The number of benzene rings is 2. The number of quaternary nitrogens is 1. The Morgan fingerprint density at radius 2 is 1.68 bits per heavy atom. The first-order valence-electron chi connectivity index (χ1n) is 8.12. The van der Waals surface area contributed by atoms with Gasteiger partial charge < -0.3 is 15.4 Å². The van der Waals surface area contributed by atoms with Crippen LogP contribution in [0.15, 0.2) is 54.6 Å². The van der Waals surface area contributed by atoms with Gasteiger partial charge in [-0.05, 0) is 19.1 Å². The first-order valence-corrected chi connectivity index (χ1v) is 8.12. The number of carbonyl (C=O) groups excluding carboxylic acids is 2. The van der Waals surface area contributed by atoms with Gasteiger partial charge in [0.05, 0.1) is 12.7 Å². The molecule has 3 amide bonds. The molecule has 2 atom stereocenters. The number of imide groups is 1. The standard InChI is InChI=1S/C19H23N3O3/c1-13(15-11-7-8-12-16(15)25-3)21-17(14-9-5-4-6-10-14)18(23)22-19(24)20-2/h4-13,17,21H,1-3H3,(H2,20,22,23,24)/p+1/t13-,17-/m0/s1. The number of methoxy groups -OCH3 is 1. The predicted molar refractivity (Wildman–Crippen MR) is 95.1 cm³/mol. The Balaban J connectivity index is 2.26. The summed E-state index contributed by atoms with van der Waals surface area (Å²) in [5, 5.41) is 6.68. The molecule has 25 heavy (non-hydrogen) atoms. The van der Waals surface area contributed by atoms with Gasteiger partial charge in [-0.2, -0.15) is 0 Å². The Hall–Kier alpha value is -2.86. The summed E-state index contributed by atoms with van der Waals surface area (Å²) >= 11 is 0. The molecule has 2 aromatic carbocycles. The summed E-state index contributed by atoms with van der Waals surface area (Å²) in [6.45, 7) is 2.00. The lowest BCUT2D eigenvalue weighted by molar-refractivity contribution is -0.719. The van der Waals surface area contributed by atoms with E-state index in [1.54, 1.807) is 7.11 Å². The molecule has 2 rings (SSSR count). The zero-order valence-electron chi connectivity index (χ0n) is 14.7. The van der Waals surface area contributed by atoms with E-state index in [0.717, 1.165) is 16.9 Å². The second-order valence-corrected chi connectivity index (χ2v) is 5.68. The van der Waals surface area contributed by atoms with Gasteiger partial charge in [0, 0.05) is 12.6 Å². The molecule has 0 heterocycles. The fourth-order valence-corrected chi connectivity index (χ4v) is 2.70. The molecule has 6 heteroatoms. The summed E-state index contributed by atoms with van der Waals surface area (Å²) in [6, 6.07) is 16.0.